The third-order valence-electron chi connectivity index (χ3n) is 4.73. The summed E-state index contributed by atoms with van der Waals surface area (Å²) in [5.74, 6) is 4.29. The Morgan fingerprint density at radius 3 is 2.60 bits per heavy atom. The Kier molecular flexibility index (Phi) is 9.30. The number of hydrogen-bond acceptors (Lipinski definition) is 7. The van der Waals surface area contributed by atoms with Gasteiger partial charge in [0.05, 0.1) is 6.61 Å². The fourth-order valence-electron chi connectivity index (χ4n) is 3.04. The van der Waals surface area contributed by atoms with Crippen molar-refractivity contribution in [1.29, 1.82) is 0 Å². The van der Waals surface area contributed by atoms with Crippen LogP contribution in [0.5, 0.6) is 0 Å². The summed E-state index contributed by atoms with van der Waals surface area (Å²) < 4.78 is 10.8. The number of carbonyl (C=O) groups excluding carboxylic acids is 2. The third kappa shape index (κ3) is 6.57. The first kappa shape index (κ1) is 23.4. The van der Waals surface area contributed by atoms with Crippen LogP contribution in [-0.2, 0) is 9.53 Å². The second kappa shape index (κ2) is 11.9. The van der Waals surface area contributed by atoms with Crippen molar-refractivity contribution < 1.29 is 18.7 Å². The molecular weight excluding hydrogens is 388 g/mol. The average molecular weight is 418 g/mol. The summed E-state index contributed by atoms with van der Waals surface area (Å²) in [4.78, 5) is 37.7. The smallest absolute Gasteiger partial charge is 0.349 e. The van der Waals surface area contributed by atoms with Crippen molar-refractivity contribution in [2.24, 2.45) is 5.84 Å². The number of nitrogens with two attached hydrogens (primary N) is 1. The maximum absolute atomic E-state index is 12.3. The van der Waals surface area contributed by atoms with Crippen LogP contribution in [0.2, 0.25) is 0 Å². The van der Waals surface area contributed by atoms with Gasteiger partial charge in [-0.2, -0.15) is 0 Å². The second-order valence-electron chi connectivity index (χ2n) is 6.73. The van der Waals surface area contributed by atoms with E-state index in [0.29, 0.717) is 43.4 Å². The summed E-state index contributed by atoms with van der Waals surface area (Å²) in [6.45, 7) is 6.85. The van der Waals surface area contributed by atoms with Crippen LogP contribution in [0, 0.1) is 0 Å². The maximum atomic E-state index is 12.3. The first-order valence-electron chi connectivity index (χ1n) is 10.2. The van der Waals surface area contributed by atoms with Crippen molar-refractivity contribution in [3.63, 3.8) is 0 Å². The van der Waals surface area contributed by atoms with E-state index in [1.54, 1.807) is 6.07 Å². The highest BCUT2D eigenvalue weighted by atomic mass is 16.5. The molecule has 164 valence electrons. The number of carbonyl (C=O) groups is 2. The van der Waals surface area contributed by atoms with Crippen LogP contribution in [0.15, 0.2) is 33.5 Å². The molecule has 30 heavy (non-hydrogen) atoms. The number of amides is 2. The predicted molar refractivity (Wildman–Crippen MR) is 115 cm³/mol. The van der Waals surface area contributed by atoms with Crippen LogP contribution in [0.4, 0.5) is 5.69 Å². The van der Waals surface area contributed by atoms with Gasteiger partial charge in [0.1, 0.15) is 11.1 Å². The van der Waals surface area contributed by atoms with Gasteiger partial charge in [-0.1, -0.05) is 0 Å². The van der Waals surface area contributed by atoms with E-state index in [-0.39, 0.29) is 18.0 Å². The molecule has 0 saturated heterocycles. The number of hydrogen-bond donors (Lipinski definition) is 3. The molecule has 1 heterocycles. The van der Waals surface area contributed by atoms with Gasteiger partial charge in [-0.15, -0.1) is 0 Å². The number of benzene rings is 1. The summed E-state index contributed by atoms with van der Waals surface area (Å²) in [7, 11) is 0. The van der Waals surface area contributed by atoms with Crippen molar-refractivity contribution in [2.75, 3.05) is 37.7 Å². The van der Waals surface area contributed by atoms with Gasteiger partial charge in [-0.3, -0.25) is 15.0 Å². The van der Waals surface area contributed by atoms with Crippen molar-refractivity contribution >= 4 is 28.5 Å². The minimum absolute atomic E-state index is 0.0362. The van der Waals surface area contributed by atoms with Crippen LogP contribution in [-0.4, -0.2) is 44.7 Å². The van der Waals surface area contributed by atoms with Crippen LogP contribution in [0.3, 0.4) is 0 Å². The number of ether oxygens (including phenoxy) is 1. The molecule has 2 amide bonds. The standard InChI is InChI=1S/C21H30N4O5/c1-3-25(4-2)16-9-8-15-13-17(21(28)30-18(15)14-16)20(27)23-10-12-29-11-6-5-7-19(26)24-22/h8-9,13-14H,3-7,10-12,22H2,1-2H3,(H,23,27)(H,24,26). The zero-order chi connectivity index (χ0) is 21.9. The lowest BCUT2D eigenvalue weighted by atomic mass is 10.1. The molecule has 1 aromatic heterocycles. The van der Waals surface area contributed by atoms with Crippen LogP contribution in [0.1, 0.15) is 43.5 Å². The molecule has 0 bridgehead atoms. The lowest BCUT2D eigenvalue weighted by Gasteiger charge is -2.21. The number of rotatable bonds is 12. The summed E-state index contributed by atoms with van der Waals surface area (Å²) in [5.41, 5.74) is 2.78. The number of nitrogens with one attached hydrogen (secondary N) is 2. The molecule has 2 rings (SSSR count). The molecule has 9 heteroatoms. The number of anilines is 1. The SMILES string of the molecule is CCN(CC)c1ccc2cc(C(=O)NCCOCCCCC(=O)NN)c(=O)oc2c1. The lowest BCUT2D eigenvalue weighted by Crippen LogP contribution is -2.31. The Morgan fingerprint density at radius 1 is 1.13 bits per heavy atom. The van der Waals surface area contributed by atoms with Crippen LogP contribution < -0.4 is 27.1 Å². The van der Waals surface area contributed by atoms with Gasteiger partial charge < -0.3 is 19.4 Å². The molecule has 0 fully saturated rings. The van der Waals surface area contributed by atoms with Crippen molar-refractivity contribution in [3.05, 3.63) is 40.2 Å². The monoisotopic (exact) mass is 418 g/mol. The number of hydrazine groups is 1. The first-order valence-corrected chi connectivity index (χ1v) is 10.2. The molecule has 9 nitrogen and oxygen atoms in total. The Balaban J connectivity index is 1.86. The summed E-state index contributed by atoms with van der Waals surface area (Å²) in [6.07, 6.45) is 1.74. The van der Waals surface area contributed by atoms with E-state index in [1.165, 1.54) is 0 Å². The lowest BCUT2D eigenvalue weighted by molar-refractivity contribution is -0.121. The summed E-state index contributed by atoms with van der Waals surface area (Å²) in [5, 5.41) is 3.35. The van der Waals surface area contributed by atoms with Gasteiger partial charge >= 0.3 is 5.63 Å². The quantitative estimate of drug-likeness (QED) is 0.157. The molecule has 4 N–H and O–H groups in total. The van der Waals surface area contributed by atoms with Gasteiger partial charge in [-0.25, -0.2) is 10.6 Å². The van der Waals surface area contributed by atoms with Gasteiger partial charge in [-0.05, 0) is 44.9 Å². The largest absolute Gasteiger partial charge is 0.422 e. The Morgan fingerprint density at radius 2 is 1.90 bits per heavy atom. The Bertz CT molecular complexity index is 908. The zero-order valence-electron chi connectivity index (χ0n) is 17.5. The van der Waals surface area contributed by atoms with Gasteiger partial charge in [0.2, 0.25) is 5.91 Å². The number of fused-ring (bicyclic) bond motifs is 1. The normalized spacial score (nSPS) is 10.8. The molecule has 2 aromatic rings. The fraction of sp³-hybridized carbons (Fsp3) is 0.476. The van der Waals surface area contributed by atoms with Gasteiger partial charge in [0.25, 0.3) is 5.91 Å². The van der Waals surface area contributed by atoms with E-state index in [0.717, 1.165) is 18.8 Å². The van der Waals surface area contributed by atoms with Crippen molar-refractivity contribution in [2.45, 2.75) is 33.1 Å². The molecule has 0 unspecified atom stereocenters. The average Bonchev–Trinajstić information content (AvgIpc) is 2.75. The molecule has 0 spiro atoms. The predicted octanol–water partition coefficient (Wildman–Crippen LogP) is 1.55. The zero-order valence-corrected chi connectivity index (χ0v) is 17.5. The molecule has 0 radical (unpaired) electrons. The minimum atomic E-state index is -0.671. The Labute approximate surface area is 175 Å². The highest BCUT2D eigenvalue weighted by molar-refractivity contribution is 5.97. The minimum Gasteiger partial charge on any atom is -0.422 e. The van der Waals surface area contributed by atoms with Crippen LogP contribution >= 0.6 is 0 Å². The molecule has 1 aromatic carbocycles. The maximum Gasteiger partial charge on any atom is 0.349 e. The number of unbranched alkanes of at least 4 members (excludes halogenated alkanes) is 1. The topological polar surface area (TPSA) is 127 Å². The van der Waals surface area contributed by atoms with Crippen molar-refractivity contribution in [1.82, 2.24) is 10.7 Å². The molecule has 0 aliphatic heterocycles. The van der Waals surface area contributed by atoms with E-state index in [4.69, 9.17) is 15.0 Å². The third-order valence-corrected chi connectivity index (χ3v) is 4.73. The molecular formula is C21H30N4O5. The van der Waals surface area contributed by atoms with E-state index >= 15 is 0 Å². The van der Waals surface area contributed by atoms with E-state index in [9.17, 15) is 14.4 Å². The summed E-state index contributed by atoms with van der Waals surface area (Å²) >= 11 is 0. The first-order chi connectivity index (χ1) is 14.5. The highest BCUT2D eigenvalue weighted by Crippen LogP contribution is 2.21. The van der Waals surface area contributed by atoms with Gasteiger partial charge in [0.15, 0.2) is 0 Å². The van der Waals surface area contributed by atoms with Crippen LogP contribution in [0.25, 0.3) is 11.0 Å². The van der Waals surface area contributed by atoms with Crippen molar-refractivity contribution in [3.8, 4) is 0 Å². The van der Waals surface area contributed by atoms with Gasteiger partial charge in [0, 0.05) is 49.8 Å². The molecule has 0 aliphatic carbocycles. The van der Waals surface area contributed by atoms with E-state index in [1.807, 2.05) is 18.2 Å². The molecule has 0 aliphatic rings. The van der Waals surface area contributed by atoms with E-state index < -0.39 is 11.5 Å². The van der Waals surface area contributed by atoms with E-state index in [2.05, 4.69) is 29.5 Å². The second-order valence-corrected chi connectivity index (χ2v) is 6.73. The highest BCUT2D eigenvalue weighted by Gasteiger charge is 2.14. The molecule has 0 saturated carbocycles. The number of nitrogens with zero attached hydrogens (tertiary/aromatic N) is 1. The summed E-state index contributed by atoms with van der Waals surface area (Å²) in [6, 6.07) is 7.15. The Hall–Kier alpha value is -2.91. The fourth-order valence-corrected chi connectivity index (χ4v) is 3.04. The molecule has 0 atom stereocenters.